The number of rotatable bonds is 5. The van der Waals surface area contributed by atoms with Gasteiger partial charge < -0.3 is 5.32 Å². The highest BCUT2D eigenvalue weighted by Gasteiger charge is 2.48. The molecule has 2 saturated carbocycles. The lowest BCUT2D eigenvalue weighted by Gasteiger charge is -2.47. The van der Waals surface area contributed by atoms with Crippen LogP contribution in [0.15, 0.2) is 0 Å². The summed E-state index contributed by atoms with van der Waals surface area (Å²) in [5, 5.41) is 3.89. The molecule has 98 valence electrons. The van der Waals surface area contributed by atoms with Crippen molar-refractivity contribution in [3.8, 4) is 0 Å². The van der Waals surface area contributed by atoms with Gasteiger partial charge in [-0.05, 0) is 50.7 Å². The Morgan fingerprint density at radius 1 is 1.29 bits per heavy atom. The number of hydrogen-bond acceptors (Lipinski definition) is 3. The third kappa shape index (κ3) is 2.66. The summed E-state index contributed by atoms with van der Waals surface area (Å²) in [6, 6.07) is 0.842. The molecule has 2 aliphatic carbocycles. The van der Waals surface area contributed by atoms with Gasteiger partial charge in [-0.25, -0.2) is 0 Å². The zero-order valence-electron chi connectivity index (χ0n) is 11.2. The van der Waals surface area contributed by atoms with Crippen LogP contribution in [0.5, 0.6) is 0 Å². The van der Waals surface area contributed by atoms with Gasteiger partial charge >= 0.3 is 0 Å². The normalized spacial score (nSPS) is 39.5. The lowest BCUT2D eigenvalue weighted by Crippen LogP contribution is -2.64. The van der Waals surface area contributed by atoms with E-state index in [-0.39, 0.29) is 0 Å². The van der Waals surface area contributed by atoms with Crippen LogP contribution in [0, 0.1) is 11.8 Å². The Hall–Kier alpha value is 0.270. The summed E-state index contributed by atoms with van der Waals surface area (Å²) in [6.45, 7) is 6.29. The van der Waals surface area contributed by atoms with E-state index in [1.807, 2.05) is 11.8 Å². The van der Waals surface area contributed by atoms with Crippen molar-refractivity contribution in [1.82, 2.24) is 10.2 Å². The van der Waals surface area contributed by atoms with Crippen LogP contribution in [-0.4, -0.2) is 48.1 Å². The Bertz CT molecular complexity index is 275. The van der Waals surface area contributed by atoms with Gasteiger partial charge in [0.15, 0.2) is 0 Å². The zero-order valence-corrected chi connectivity index (χ0v) is 12.1. The zero-order chi connectivity index (χ0) is 11.9. The maximum atomic E-state index is 3.89. The molecule has 0 aromatic carbocycles. The van der Waals surface area contributed by atoms with E-state index in [4.69, 9.17) is 0 Å². The first-order valence-electron chi connectivity index (χ1n) is 7.21. The number of hydrogen-bond donors (Lipinski definition) is 1. The lowest BCUT2D eigenvalue weighted by atomic mass is 9.90. The molecule has 0 aromatic heterocycles. The van der Waals surface area contributed by atoms with Crippen LogP contribution < -0.4 is 5.32 Å². The van der Waals surface area contributed by atoms with Crippen LogP contribution in [0.25, 0.3) is 0 Å². The highest BCUT2D eigenvalue weighted by molar-refractivity contribution is 7.98. The monoisotopic (exact) mass is 254 g/mol. The van der Waals surface area contributed by atoms with Crippen LogP contribution in [0.2, 0.25) is 0 Å². The van der Waals surface area contributed by atoms with Gasteiger partial charge in [-0.1, -0.05) is 0 Å². The molecule has 3 fully saturated rings. The number of nitrogens with one attached hydrogen (secondary N) is 1. The fourth-order valence-corrected chi connectivity index (χ4v) is 3.87. The Morgan fingerprint density at radius 3 is 2.65 bits per heavy atom. The molecule has 3 aliphatic rings. The summed E-state index contributed by atoms with van der Waals surface area (Å²) in [7, 11) is 0. The van der Waals surface area contributed by atoms with Crippen LogP contribution in [0.4, 0.5) is 0 Å². The minimum atomic E-state index is 0.420. The Kier molecular flexibility index (Phi) is 3.44. The number of nitrogens with zero attached hydrogens (tertiary/aromatic N) is 1. The first-order valence-corrected chi connectivity index (χ1v) is 8.60. The number of piperazine rings is 1. The quantitative estimate of drug-likeness (QED) is 0.810. The van der Waals surface area contributed by atoms with Crippen molar-refractivity contribution in [3.63, 3.8) is 0 Å². The maximum absolute atomic E-state index is 3.89. The first kappa shape index (κ1) is 12.3. The molecule has 3 heteroatoms. The molecule has 2 unspecified atom stereocenters. The van der Waals surface area contributed by atoms with Gasteiger partial charge in [0.1, 0.15) is 0 Å². The molecule has 1 aliphatic heterocycles. The molecule has 2 atom stereocenters. The SMILES string of the molecule is CSCCN1CC(C)(C2CC2)NCC1C1CC1. The molecule has 0 amide bonds. The van der Waals surface area contributed by atoms with Crippen molar-refractivity contribution in [2.45, 2.75) is 44.2 Å². The van der Waals surface area contributed by atoms with Crippen LogP contribution in [-0.2, 0) is 0 Å². The lowest BCUT2D eigenvalue weighted by molar-refractivity contribution is 0.0699. The van der Waals surface area contributed by atoms with E-state index in [9.17, 15) is 0 Å². The molecule has 17 heavy (non-hydrogen) atoms. The Balaban J connectivity index is 1.64. The summed E-state index contributed by atoms with van der Waals surface area (Å²) < 4.78 is 0. The van der Waals surface area contributed by atoms with E-state index < -0.39 is 0 Å². The predicted octanol–water partition coefficient (Wildman–Crippen LogP) is 2.20. The average Bonchev–Trinajstić information content (AvgIpc) is 3.19. The highest BCUT2D eigenvalue weighted by Crippen LogP contribution is 2.44. The van der Waals surface area contributed by atoms with E-state index >= 15 is 0 Å². The van der Waals surface area contributed by atoms with Crippen LogP contribution in [0.3, 0.4) is 0 Å². The summed E-state index contributed by atoms with van der Waals surface area (Å²) >= 11 is 1.99. The minimum absolute atomic E-state index is 0.420. The molecule has 0 bridgehead atoms. The van der Waals surface area contributed by atoms with Crippen molar-refractivity contribution in [2.75, 3.05) is 31.6 Å². The van der Waals surface area contributed by atoms with Crippen LogP contribution >= 0.6 is 11.8 Å². The summed E-state index contributed by atoms with van der Waals surface area (Å²) in [5.74, 6) is 3.26. The smallest absolute Gasteiger partial charge is 0.0309 e. The van der Waals surface area contributed by atoms with Gasteiger partial charge in [-0.3, -0.25) is 4.90 Å². The van der Waals surface area contributed by atoms with Crippen molar-refractivity contribution in [1.29, 1.82) is 0 Å². The predicted molar refractivity (Wildman–Crippen MR) is 75.6 cm³/mol. The molecule has 1 N–H and O–H groups in total. The summed E-state index contributed by atoms with van der Waals surface area (Å²) in [4.78, 5) is 2.81. The molecule has 2 nitrogen and oxygen atoms in total. The standard InChI is InChI=1S/C14H26N2S/c1-14(12-5-6-12)10-16(7-8-17-2)13(9-15-14)11-3-4-11/h11-13,15H,3-10H2,1-2H3. The molecule has 0 radical (unpaired) electrons. The Labute approximate surface area is 110 Å². The second-order valence-electron chi connectivity index (χ2n) is 6.44. The fourth-order valence-electron chi connectivity index (χ4n) is 3.46. The molecule has 1 saturated heterocycles. The number of thioether (sulfide) groups is 1. The second-order valence-corrected chi connectivity index (χ2v) is 7.43. The van der Waals surface area contributed by atoms with Crippen molar-refractivity contribution in [3.05, 3.63) is 0 Å². The second kappa shape index (κ2) is 4.75. The Morgan fingerprint density at radius 2 is 2.06 bits per heavy atom. The average molecular weight is 254 g/mol. The molecule has 1 heterocycles. The summed E-state index contributed by atoms with van der Waals surface area (Å²) in [6.07, 6.45) is 8.08. The third-order valence-electron chi connectivity index (χ3n) is 4.94. The van der Waals surface area contributed by atoms with Gasteiger partial charge in [0.2, 0.25) is 0 Å². The minimum Gasteiger partial charge on any atom is -0.308 e. The van der Waals surface area contributed by atoms with E-state index in [1.54, 1.807) is 0 Å². The molecule has 3 rings (SSSR count). The van der Waals surface area contributed by atoms with E-state index in [2.05, 4.69) is 23.4 Å². The molecular formula is C14H26N2S. The van der Waals surface area contributed by atoms with Crippen molar-refractivity contribution in [2.24, 2.45) is 11.8 Å². The molecule has 0 spiro atoms. The van der Waals surface area contributed by atoms with Crippen molar-refractivity contribution >= 4 is 11.8 Å². The van der Waals surface area contributed by atoms with E-state index in [0.29, 0.717) is 5.54 Å². The van der Waals surface area contributed by atoms with Gasteiger partial charge in [-0.15, -0.1) is 0 Å². The van der Waals surface area contributed by atoms with Gasteiger partial charge in [0, 0.05) is 37.0 Å². The first-order chi connectivity index (χ1) is 8.23. The van der Waals surface area contributed by atoms with Crippen LogP contribution in [0.1, 0.15) is 32.6 Å². The van der Waals surface area contributed by atoms with Gasteiger partial charge in [0.25, 0.3) is 0 Å². The van der Waals surface area contributed by atoms with E-state index in [1.165, 1.54) is 51.1 Å². The van der Waals surface area contributed by atoms with Crippen molar-refractivity contribution < 1.29 is 0 Å². The maximum Gasteiger partial charge on any atom is 0.0309 e. The fraction of sp³-hybridized carbons (Fsp3) is 1.00. The molecular weight excluding hydrogens is 228 g/mol. The summed E-state index contributed by atoms with van der Waals surface area (Å²) in [5.41, 5.74) is 0.420. The van der Waals surface area contributed by atoms with Gasteiger partial charge in [-0.2, -0.15) is 11.8 Å². The van der Waals surface area contributed by atoms with E-state index in [0.717, 1.165) is 17.9 Å². The van der Waals surface area contributed by atoms with Gasteiger partial charge in [0.05, 0.1) is 0 Å². The topological polar surface area (TPSA) is 15.3 Å². The highest BCUT2D eigenvalue weighted by atomic mass is 32.2. The third-order valence-corrected chi connectivity index (χ3v) is 5.53. The molecule has 0 aromatic rings. The largest absolute Gasteiger partial charge is 0.308 e.